The molecule has 3 atom stereocenters. The molecule has 2 aromatic carbocycles. The number of para-hydroxylation sites is 1. The lowest BCUT2D eigenvalue weighted by Crippen LogP contribution is -2.34. The number of nitrogens with one attached hydrogen (secondary N) is 1. The van der Waals surface area contributed by atoms with E-state index in [1.54, 1.807) is 55.5 Å². The Morgan fingerprint density at radius 1 is 1.11 bits per heavy atom. The number of carbonyl (C=O) groups is 2. The first-order chi connectivity index (χ1) is 16.8. The zero-order chi connectivity index (χ0) is 25.4. The Balaban J connectivity index is 1.82. The lowest BCUT2D eigenvalue weighted by atomic mass is 10.2. The van der Waals surface area contributed by atoms with Crippen LogP contribution in [0.2, 0.25) is 0 Å². The van der Waals surface area contributed by atoms with Crippen molar-refractivity contribution in [3.05, 3.63) is 77.7 Å². The molecule has 0 aliphatic heterocycles. The third-order valence-corrected chi connectivity index (χ3v) is 7.59. The molecule has 6 nitrogen and oxygen atoms in total. The van der Waals surface area contributed by atoms with Gasteiger partial charge in [-0.2, -0.15) is 0 Å². The third kappa shape index (κ3) is 7.59. The minimum atomic E-state index is -1.96. The molecule has 3 unspecified atom stereocenters. The number of benzene rings is 2. The Labute approximate surface area is 210 Å². The van der Waals surface area contributed by atoms with Crippen LogP contribution in [-0.4, -0.2) is 31.2 Å². The van der Waals surface area contributed by atoms with Gasteiger partial charge < -0.3 is 14.0 Å². The molecule has 0 amide bonds. The molecule has 0 spiro atoms. The fourth-order valence-corrected chi connectivity index (χ4v) is 5.48. The van der Waals surface area contributed by atoms with Gasteiger partial charge in [0.05, 0.1) is 6.61 Å². The molecule has 0 aliphatic carbocycles. The Kier molecular flexibility index (Phi) is 9.78. The topological polar surface area (TPSA) is 73.9 Å². The van der Waals surface area contributed by atoms with Crippen molar-refractivity contribution in [1.82, 2.24) is 5.09 Å². The van der Waals surface area contributed by atoms with E-state index >= 15 is 4.39 Å². The maximum absolute atomic E-state index is 15.9. The lowest BCUT2D eigenvalue weighted by molar-refractivity contribution is -0.146. The van der Waals surface area contributed by atoms with E-state index in [1.165, 1.54) is 17.4 Å². The lowest BCUT2D eigenvalue weighted by Gasteiger charge is -2.25. The molecule has 1 N–H and O–H groups in total. The Bertz CT molecular complexity index is 1150. The van der Waals surface area contributed by atoms with Crippen molar-refractivity contribution in [3.63, 3.8) is 0 Å². The van der Waals surface area contributed by atoms with Crippen molar-refractivity contribution in [2.24, 2.45) is 5.92 Å². The van der Waals surface area contributed by atoms with Gasteiger partial charge in [-0.25, -0.2) is 14.3 Å². The maximum atomic E-state index is 15.9. The van der Waals surface area contributed by atoms with Crippen LogP contribution in [0.5, 0.6) is 5.75 Å². The largest absolute Gasteiger partial charge is 0.464 e. The highest BCUT2D eigenvalue weighted by molar-refractivity contribution is 7.51. The van der Waals surface area contributed by atoms with E-state index in [1.807, 2.05) is 19.9 Å². The number of halogens is 1. The molecular formula is C26H29FNO5PS. The number of esters is 2. The van der Waals surface area contributed by atoms with Gasteiger partial charge in [-0.05, 0) is 54.1 Å². The number of alkyl halides is 1. The first-order valence-corrected chi connectivity index (χ1v) is 13.3. The highest BCUT2D eigenvalue weighted by Gasteiger charge is 2.30. The number of ether oxygens (including phenoxy) is 2. The summed E-state index contributed by atoms with van der Waals surface area (Å²) in [6, 6.07) is 14.9. The summed E-state index contributed by atoms with van der Waals surface area (Å²) in [5.41, 5.74) is 0.374. The smallest absolute Gasteiger partial charge is 0.348 e. The van der Waals surface area contributed by atoms with E-state index in [9.17, 15) is 9.59 Å². The minimum Gasteiger partial charge on any atom is -0.464 e. The van der Waals surface area contributed by atoms with Crippen molar-refractivity contribution >= 4 is 41.7 Å². The first kappa shape index (κ1) is 26.8. The van der Waals surface area contributed by atoms with Crippen molar-refractivity contribution < 1.29 is 28.0 Å². The summed E-state index contributed by atoms with van der Waals surface area (Å²) in [5, 5.41) is 3.72. The van der Waals surface area contributed by atoms with Crippen LogP contribution < -0.4 is 9.61 Å². The van der Waals surface area contributed by atoms with E-state index in [-0.39, 0.29) is 19.1 Å². The number of carbonyl (C=O) groups excluding carboxylic acids is 2. The van der Waals surface area contributed by atoms with Crippen LogP contribution in [0, 0.1) is 5.92 Å². The van der Waals surface area contributed by atoms with Gasteiger partial charge in [-0.3, -0.25) is 4.79 Å². The van der Waals surface area contributed by atoms with Gasteiger partial charge in [0.2, 0.25) is 8.30 Å². The number of thiophene rings is 1. The Morgan fingerprint density at radius 3 is 2.54 bits per heavy atom. The van der Waals surface area contributed by atoms with Crippen LogP contribution in [0.1, 0.15) is 41.9 Å². The summed E-state index contributed by atoms with van der Waals surface area (Å²) >= 11 is 1.28. The molecule has 0 aliphatic rings. The maximum Gasteiger partial charge on any atom is 0.348 e. The molecule has 0 radical (unpaired) electrons. The SMILES string of the molecule is C=CCOC(=O)c1cc2cc(C(F)P(NC(C)C(=O)OCC(C)C)Oc3ccccc3)ccc2s1. The molecule has 0 saturated carbocycles. The van der Waals surface area contributed by atoms with Gasteiger partial charge in [0, 0.05) is 4.70 Å². The number of hydrogen-bond acceptors (Lipinski definition) is 7. The zero-order valence-electron chi connectivity index (χ0n) is 19.9. The predicted molar refractivity (Wildman–Crippen MR) is 139 cm³/mol. The number of fused-ring (bicyclic) bond motifs is 1. The van der Waals surface area contributed by atoms with E-state index < -0.39 is 32.2 Å². The van der Waals surface area contributed by atoms with Crippen molar-refractivity contribution in [1.29, 1.82) is 0 Å². The standard InChI is InChI=1S/C26H29FNO5PS/c1-5-13-31-26(30)23-15-20-14-19(11-12-22(20)35-23)24(27)34(33-21-9-7-6-8-10-21)28-18(4)25(29)32-16-17(2)3/h5-12,14-15,17-18,24,28H,1,13,16H2,2-4H3. The van der Waals surface area contributed by atoms with E-state index in [2.05, 4.69) is 11.7 Å². The third-order valence-electron chi connectivity index (χ3n) is 4.74. The molecule has 3 aromatic rings. The van der Waals surface area contributed by atoms with Crippen molar-refractivity contribution in [2.75, 3.05) is 13.2 Å². The van der Waals surface area contributed by atoms with E-state index in [0.29, 0.717) is 16.2 Å². The second-order valence-corrected chi connectivity index (χ2v) is 10.9. The number of hydrogen-bond donors (Lipinski definition) is 1. The van der Waals surface area contributed by atoms with Crippen molar-refractivity contribution in [3.8, 4) is 5.75 Å². The van der Waals surface area contributed by atoms with Crippen LogP contribution in [0.25, 0.3) is 10.1 Å². The highest BCUT2D eigenvalue weighted by atomic mass is 32.1. The fourth-order valence-electron chi connectivity index (χ4n) is 3.00. The summed E-state index contributed by atoms with van der Waals surface area (Å²) in [6.07, 6.45) is 1.50. The average Bonchev–Trinajstić information content (AvgIpc) is 3.29. The summed E-state index contributed by atoms with van der Waals surface area (Å²) < 4.78 is 33.1. The molecule has 0 saturated heterocycles. The molecule has 0 bridgehead atoms. The average molecular weight is 518 g/mol. The number of rotatable bonds is 12. The molecule has 1 aromatic heterocycles. The van der Waals surface area contributed by atoms with Crippen LogP contribution in [-0.2, 0) is 14.3 Å². The zero-order valence-corrected chi connectivity index (χ0v) is 21.6. The molecule has 35 heavy (non-hydrogen) atoms. The molecule has 3 rings (SSSR count). The summed E-state index contributed by atoms with van der Waals surface area (Å²) in [5.74, 6) is -1.79. The Morgan fingerprint density at radius 2 is 1.86 bits per heavy atom. The van der Waals surface area contributed by atoms with Gasteiger partial charge in [0.1, 0.15) is 23.3 Å². The van der Waals surface area contributed by atoms with Crippen molar-refractivity contribution in [2.45, 2.75) is 32.7 Å². The summed E-state index contributed by atoms with van der Waals surface area (Å²) in [6.45, 7) is 9.46. The van der Waals surface area contributed by atoms with Crippen LogP contribution in [0.15, 0.2) is 67.3 Å². The van der Waals surface area contributed by atoms with Gasteiger partial charge in [0.25, 0.3) is 0 Å². The highest BCUT2D eigenvalue weighted by Crippen LogP contribution is 2.51. The van der Waals surface area contributed by atoms with Crippen LogP contribution in [0.3, 0.4) is 0 Å². The minimum absolute atomic E-state index is 0.120. The van der Waals surface area contributed by atoms with E-state index in [4.69, 9.17) is 14.0 Å². The van der Waals surface area contributed by atoms with Gasteiger partial charge in [-0.15, -0.1) is 11.3 Å². The first-order valence-electron chi connectivity index (χ1n) is 11.2. The molecular weight excluding hydrogens is 488 g/mol. The molecule has 186 valence electrons. The van der Waals surface area contributed by atoms with Crippen LogP contribution >= 0.6 is 19.6 Å². The quantitative estimate of drug-likeness (QED) is 0.162. The second kappa shape index (κ2) is 12.8. The fraction of sp³-hybridized carbons (Fsp3) is 0.308. The predicted octanol–water partition coefficient (Wildman–Crippen LogP) is 6.78. The van der Waals surface area contributed by atoms with Gasteiger partial charge in [-0.1, -0.05) is 50.8 Å². The Hall–Kier alpha value is -2.80. The summed E-state index contributed by atoms with van der Waals surface area (Å²) in [7, 11) is -1.96. The molecule has 1 heterocycles. The molecule has 0 fully saturated rings. The monoisotopic (exact) mass is 517 g/mol. The second-order valence-electron chi connectivity index (χ2n) is 8.24. The summed E-state index contributed by atoms with van der Waals surface area (Å²) in [4.78, 5) is 25.0. The molecule has 9 heteroatoms. The van der Waals surface area contributed by atoms with E-state index in [0.717, 1.165) is 10.1 Å². The van der Waals surface area contributed by atoms with Gasteiger partial charge in [0.15, 0.2) is 5.91 Å². The van der Waals surface area contributed by atoms with Gasteiger partial charge >= 0.3 is 11.9 Å². The normalized spacial score (nSPS) is 13.7. The van der Waals surface area contributed by atoms with Crippen LogP contribution in [0.4, 0.5) is 4.39 Å².